The summed E-state index contributed by atoms with van der Waals surface area (Å²) in [6.45, 7) is 5.09. The number of halogens is 1. The molecular formula is C18H21FN2O2S. The van der Waals surface area contributed by atoms with Gasteiger partial charge in [-0.2, -0.15) is 0 Å². The number of hydrogen-bond acceptors (Lipinski definition) is 4. The van der Waals surface area contributed by atoms with Crippen LogP contribution in [0.4, 0.5) is 4.39 Å². The van der Waals surface area contributed by atoms with Crippen molar-refractivity contribution < 1.29 is 13.9 Å². The Hall–Kier alpha value is -1.76. The fourth-order valence-corrected chi connectivity index (χ4v) is 3.44. The minimum Gasteiger partial charge on any atom is -0.379 e. The summed E-state index contributed by atoms with van der Waals surface area (Å²) < 4.78 is 18.8. The van der Waals surface area contributed by atoms with Crippen LogP contribution >= 0.6 is 11.3 Å². The van der Waals surface area contributed by atoms with Crippen LogP contribution in [0.3, 0.4) is 0 Å². The molecule has 0 aliphatic carbocycles. The molecule has 2 aromatic rings. The fourth-order valence-electron chi connectivity index (χ4n) is 2.75. The second-order valence-corrected chi connectivity index (χ2v) is 6.74. The number of benzene rings is 1. The molecule has 1 aliphatic rings. The first kappa shape index (κ1) is 17.1. The molecule has 0 atom stereocenters. The highest BCUT2D eigenvalue weighted by Crippen LogP contribution is 2.15. The smallest absolute Gasteiger partial charge is 0.264 e. The second-order valence-electron chi connectivity index (χ2n) is 5.79. The fraction of sp³-hybridized carbons (Fsp3) is 0.389. The SMILES string of the molecule is O=C(c1cccs1)N(CCN1CCOCC1)Cc1cccc(F)c1. The van der Waals surface area contributed by atoms with E-state index in [2.05, 4.69) is 4.90 Å². The third-order valence-electron chi connectivity index (χ3n) is 4.07. The number of rotatable bonds is 6. The number of nitrogens with zero attached hydrogens (tertiary/aromatic N) is 2. The molecule has 1 aromatic heterocycles. The molecule has 4 nitrogen and oxygen atoms in total. The van der Waals surface area contributed by atoms with Gasteiger partial charge in [-0.15, -0.1) is 11.3 Å². The lowest BCUT2D eigenvalue weighted by Gasteiger charge is -2.30. The zero-order valence-corrected chi connectivity index (χ0v) is 14.3. The van der Waals surface area contributed by atoms with E-state index in [1.54, 1.807) is 11.0 Å². The van der Waals surface area contributed by atoms with Gasteiger partial charge in [-0.05, 0) is 29.1 Å². The molecule has 0 saturated carbocycles. The maximum atomic E-state index is 13.4. The first-order chi connectivity index (χ1) is 11.7. The number of amides is 1. The molecule has 0 unspecified atom stereocenters. The van der Waals surface area contributed by atoms with Crippen LogP contribution in [0.5, 0.6) is 0 Å². The summed E-state index contributed by atoms with van der Waals surface area (Å²) in [7, 11) is 0. The highest BCUT2D eigenvalue weighted by atomic mass is 32.1. The Labute approximate surface area is 145 Å². The lowest BCUT2D eigenvalue weighted by atomic mass is 10.2. The van der Waals surface area contributed by atoms with Crippen molar-refractivity contribution in [1.82, 2.24) is 9.80 Å². The third kappa shape index (κ3) is 4.63. The summed E-state index contributed by atoms with van der Waals surface area (Å²) >= 11 is 1.44. The molecule has 6 heteroatoms. The first-order valence-electron chi connectivity index (χ1n) is 8.10. The van der Waals surface area contributed by atoms with Gasteiger partial charge in [-0.1, -0.05) is 18.2 Å². The van der Waals surface area contributed by atoms with Crippen molar-refractivity contribution in [1.29, 1.82) is 0 Å². The van der Waals surface area contributed by atoms with Crippen LogP contribution < -0.4 is 0 Å². The van der Waals surface area contributed by atoms with Crippen LogP contribution in [0.15, 0.2) is 41.8 Å². The molecule has 1 fully saturated rings. The van der Waals surface area contributed by atoms with Gasteiger partial charge in [0, 0.05) is 32.7 Å². The standard InChI is InChI=1S/C18H21FN2O2S/c19-16-4-1-3-15(13-16)14-21(18(22)17-5-2-12-24-17)7-6-20-8-10-23-11-9-20/h1-5,12-13H,6-11,14H2. The molecule has 1 aromatic carbocycles. The summed E-state index contributed by atoms with van der Waals surface area (Å²) in [6.07, 6.45) is 0. The minimum absolute atomic E-state index is 0.00233. The molecule has 128 valence electrons. The molecule has 0 radical (unpaired) electrons. The predicted molar refractivity (Wildman–Crippen MR) is 92.7 cm³/mol. The third-order valence-corrected chi connectivity index (χ3v) is 4.93. The van der Waals surface area contributed by atoms with Gasteiger partial charge in [0.2, 0.25) is 0 Å². The van der Waals surface area contributed by atoms with E-state index in [4.69, 9.17) is 4.74 Å². The monoisotopic (exact) mass is 348 g/mol. The van der Waals surface area contributed by atoms with E-state index in [9.17, 15) is 9.18 Å². The van der Waals surface area contributed by atoms with Gasteiger partial charge in [0.05, 0.1) is 18.1 Å². The van der Waals surface area contributed by atoms with Crippen molar-refractivity contribution in [2.75, 3.05) is 39.4 Å². The molecule has 1 aliphatic heterocycles. The van der Waals surface area contributed by atoms with Gasteiger partial charge in [0.25, 0.3) is 5.91 Å². The average Bonchev–Trinajstić information content (AvgIpc) is 3.13. The Morgan fingerprint density at radius 1 is 1.25 bits per heavy atom. The van der Waals surface area contributed by atoms with Gasteiger partial charge in [0.15, 0.2) is 0 Å². The molecule has 1 saturated heterocycles. The number of carbonyl (C=O) groups excluding carboxylic acids is 1. The summed E-state index contributed by atoms with van der Waals surface area (Å²) in [5.41, 5.74) is 0.807. The number of hydrogen-bond donors (Lipinski definition) is 0. The Balaban J connectivity index is 1.68. The predicted octanol–water partition coefficient (Wildman–Crippen LogP) is 2.86. The minimum atomic E-state index is -0.274. The second kappa shape index (κ2) is 8.37. The van der Waals surface area contributed by atoms with Gasteiger partial charge in [-0.3, -0.25) is 9.69 Å². The van der Waals surface area contributed by atoms with Crippen LogP contribution in [-0.4, -0.2) is 55.1 Å². The van der Waals surface area contributed by atoms with Crippen molar-refractivity contribution in [2.24, 2.45) is 0 Å². The number of carbonyl (C=O) groups is 1. The Kier molecular flexibility index (Phi) is 5.96. The largest absolute Gasteiger partial charge is 0.379 e. The van der Waals surface area contributed by atoms with Crippen LogP contribution in [0, 0.1) is 5.82 Å². The van der Waals surface area contributed by atoms with Crippen molar-refractivity contribution in [3.8, 4) is 0 Å². The van der Waals surface area contributed by atoms with E-state index in [-0.39, 0.29) is 11.7 Å². The molecule has 1 amide bonds. The zero-order chi connectivity index (χ0) is 16.8. The summed E-state index contributed by atoms with van der Waals surface area (Å²) in [5, 5.41) is 1.90. The van der Waals surface area contributed by atoms with Crippen molar-refractivity contribution in [3.05, 3.63) is 58.0 Å². The van der Waals surface area contributed by atoms with Crippen molar-refractivity contribution in [2.45, 2.75) is 6.54 Å². The van der Waals surface area contributed by atoms with E-state index in [0.717, 1.165) is 38.4 Å². The van der Waals surface area contributed by atoms with Crippen LogP contribution in [0.2, 0.25) is 0 Å². The van der Waals surface area contributed by atoms with Gasteiger partial charge >= 0.3 is 0 Å². The van der Waals surface area contributed by atoms with Crippen LogP contribution in [0.25, 0.3) is 0 Å². The van der Waals surface area contributed by atoms with Crippen molar-refractivity contribution in [3.63, 3.8) is 0 Å². The Morgan fingerprint density at radius 3 is 2.79 bits per heavy atom. The van der Waals surface area contributed by atoms with E-state index in [1.165, 1.54) is 23.5 Å². The highest BCUT2D eigenvalue weighted by molar-refractivity contribution is 7.12. The maximum absolute atomic E-state index is 13.4. The van der Waals surface area contributed by atoms with E-state index in [1.807, 2.05) is 23.6 Å². The molecular weight excluding hydrogens is 327 g/mol. The lowest BCUT2D eigenvalue weighted by Crippen LogP contribution is -2.42. The summed E-state index contributed by atoms with van der Waals surface area (Å²) in [5.74, 6) is -0.272. The Morgan fingerprint density at radius 2 is 2.08 bits per heavy atom. The van der Waals surface area contributed by atoms with E-state index >= 15 is 0 Å². The molecule has 24 heavy (non-hydrogen) atoms. The maximum Gasteiger partial charge on any atom is 0.264 e. The molecule has 2 heterocycles. The van der Waals surface area contributed by atoms with Crippen LogP contribution in [-0.2, 0) is 11.3 Å². The van der Waals surface area contributed by atoms with Crippen LogP contribution in [0.1, 0.15) is 15.2 Å². The summed E-state index contributed by atoms with van der Waals surface area (Å²) in [6, 6.07) is 10.2. The average molecular weight is 348 g/mol. The summed E-state index contributed by atoms with van der Waals surface area (Å²) in [4.78, 5) is 17.6. The van der Waals surface area contributed by atoms with Gasteiger partial charge in [0.1, 0.15) is 5.82 Å². The number of thiophene rings is 1. The first-order valence-corrected chi connectivity index (χ1v) is 8.97. The molecule has 0 spiro atoms. The number of morpholine rings is 1. The molecule has 0 bridgehead atoms. The van der Waals surface area contributed by atoms with E-state index in [0.29, 0.717) is 18.0 Å². The molecule has 0 N–H and O–H groups in total. The topological polar surface area (TPSA) is 32.8 Å². The quantitative estimate of drug-likeness (QED) is 0.805. The van der Waals surface area contributed by atoms with Crippen molar-refractivity contribution >= 4 is 17.2 Å². The molecule has 3 rings (SSSR count). The lowest BCUT2D eigenvalue weighted by molar-refractivity contribution is 0.0321. The van der Waals surface area contributed by atoms with Gasteiger partial charge in [-0.25, -0.2) is 4.39 Å². The number of ether oxygens (including phenoxy) is 1. The zero-order valence-electron chi connectivity index (χ0n) is 13.5. The Bertz CT molecular complexity index is 657. The van der Waals surface area contributed by atoms with Gasteiger partial charge < -0.3 is 9.64 Å². The highest BCUT2D eigenvalue weighted by Gasteiger charge is 2.19. The van der Waals surface area contributed by atoms with E-state index < -0.39 is 0 Å². The normalized spacial score (nSPS) is 15.4.